The molecule has 5 heteroatoms. The molecule has 2 nitrogen and oxygen atoms in total. The van der Waals surface area contributed by atoms with E-state index in [1.165, 1.54) is 6.92 Å². The molecule has 0 spiro atoms. The summed E-state index contributed by atoms with van der Waals surface area (Å²) in [6, 6.07) is 6.78. The Kier molecular flexibility index (Phi) is 4.81. The van der Waals surface area contributed by atoms with Gasteiger partial charge in [-0.25, -0.2) is 0 Å². The molecule has 1 aromatic carbocycles. The summed E-state index contributed by atoms with van der Waals surface area (Å²) in [7, 11) is 0. The lowest BCUT2D eigenvalue weighted by Gasteiger charge is -2.15. The molecular weight excluding hydrogens is 229 g/mol. The summed E-state index contributed by atoms with van der Waals surface area (Å²) in [5.41, 5.74) is 7.28. The molecule has 0 fully saturated rings. The molecule has 0 heterocycles. The summed E-state index contributed by atoms with van der Waals surface area (Å²) in [4.78, 5) is 0. The molecule has 0 radical (unpaired) electrons. The van der Waals surface area contributed by atoms with Gasteiger partial charge >= 0.3 is 6.18 Å². The molecule has 0 amide bonds. The molecule has 1 rings (SSSR count). The first-order chi connectivity index (χ1) is 7.87. The van der Waals surface area contributed by atoms with Crippen LogP contribution in [0, 0.1) is 0 Å². The zero-order valence-corrected chi connectivity index (χ0v) is 9.72. The highest BCUT2D eigenvalue weighted by atomic mass is 19.4. The molecule has 0 aliphatic carbocycles. The highest BCUT2D eigenvalue weighted by Crippen LogP contribution is 2.21. The van der Waals surface area contributed by atoms with Crippen LogP contribution in [-0.4, -0.2) is 18.8 Å². The highest BCUT2D eigenvalue weighted by Gasteiger charge is 2.29. The first-order valence-corrected chi connectivity index (χ1v) is 5.51. The van der Waals surface area contributed by atoms with Gasteiger partial charge in [0.1, 0.15) is 0 Å². The SMILES string of the molecule is CC(CC(F)(F)F)NCCc1ccc(N)cc1. The number of nitrogens with two attached hydrogens (primary N) is 1. The van der Waals surface area contributed by atoms with Gasteiger partial charge in [-0.2, -0.15) is 13.2 Å². The molecule has 17 heavy (non-hydrogen) atoms. The van der Waals surface area contributed by atoms with Crippen molar-refractivity contribution in [3.05, 3.63) is 29.8 Å². The minimum Gasteiger partial charge on any atom is -0.399 e. The van der Waals surface area contributed by atoms with Crippen LogP contribution in [0.1, 0.15) is 18.9 Å². The van der Waals surface area contributed by atoms with E-state index in [2.05, 4.69) is 5.32 Å². The van der Waals surface area contributed by atoms with Crippen molar-refractivity contribution in [3.8, 4) is 0 Å². The summed E-state index contributed by atoms with van der Waals surface area (Å²) in [5, 5.41) is 2.85. The minimum absolute atomic E-state index is 0.529. The Balaban J connectivity index is 2.26. The molecule has 1 atom stereocenters. The van der Waals surface area contributed by atoms with Crippen molar-refractivity contribution >= 4 is 5.69 Å². The first kappa shape index (κ1) is 13.8. The van der Waals surface area contributed by atoms with E-state index in [0.29, 0.717) is 18.7 Å². The number of hydrogen-bond acceptors (Lipinski definition) is 2. The van der Waals surface area contributed by atoms with E-state index in [1.807, 2.05) is 12.1 Å². The van der Waals surface area contributed by atoms with Gasteiger partial charge in [0.05, 0.1) is 6.42 Å². The molecule has 1 unspecified atom stereocenters. The van der Waals surface area contributed by atoms with Crippen LogP contribution < -0.4 is 11.1 Å². The third kappa shape index (κ3) is 6.16. The van der Waals surface area contributed by atoms with E-state index in [4.69, 9.17) is 5.73 Å². The van der Waals surface area contributed by atoms with Crippen molar-refractivity contribution in [1.82, 2.24) is 5.32 Å². The van der Waals surface area contributed by atoms with Crippen LogP contribution in [0.15, 0.2) is 24.3 Å². The number of anilines is 1. The van der Waals surface area contributed by atoms with Crippen LogP contribution in [0.5, 0.6) is 0 Å². The lowest BCUT2D eigenvalue weighted by Crippen LogP contribution is -2.32. The van der Waals surface area contributed by atoms with E-state index < -0.39 is 18.6 Å². The van der Waals surface area contributed by atoms with Crippen LogP contribution in [0.4, 0.5) is 18.9 Å². The molecule has 0 bridgehead atoms. The van der Waals surface area contributed by atoms with Gasteiger partial charge in [-0.1, -0.05) is 12.1 Å². The third-order valence-corrected chi connectivity index (χ3v) is 2.42. The number of halogens is 3. The molecule has 0 saturated carbocycles. The number of alkyl halides is 3. The lowest BCUT2D eigenvalue weighted by atomic mass is 10.1. The normalized spacial score (nSPS) is 13.6. The first-order valence-electron chi connectivity index (χ1n) is 5.51. The Morgan fingerprint density at radius 1 is 1.24 bits per heavy atom. The van der Waals surface area contributed by atoms with Gasteiger partial charge in [0, 0.05) is 11.7 Å². The molecule has 0 aromatic heterocycles. The maximum Gasteiger partial charge on any atom is 0.390 e. The molecule has 1 aromatic rings. The van der Waals surface area contributed by atoms with Crippen LogP contribution in [0.3, 0.4) is 0 Å². The minimum atomic E-state index is -4.10. The van der Waals surface area contributed by atoms with Gasteiger partial charge in [-0.3, -0.25) is 0 Å². The summed E-state index contributed by atoms with van der Waals surface area (Å²) < 4.78 is 36.1. The predicted octanol–water partition coefficient (Wildman–Crippen LogP) is 2.74. The molecule has 3 N–H and O–H groups in total. The van der Waals surface area contributed by atoms with Gasteiger partial charge in [0.15, 0.2) is 0 Å². The Bertz CT molecular complexity index is 333. The molecular formula is C12H17F3N2. The Hall–Kier alpha value is -1.23. The summed E-state index contributed by atoms with van der Waals surface area (Å²) >= 11 is 0. The van der Waals surface area contributed by atoms with Crippen molar-refractivity contribution in [2.24, 2.45) is 0 Å². The Morgan fingerprint density at radius 2 is 1.82 bits per heavy atom. The van der Waals surface area contributed by atoms with Gasteiger partial charge in [-0.15, -0.1) is 0 Å². The van der Waals surface area contributed by atoms with Crippen LogP contribution in [-0.2, 0) is 6.42 Å². The highest BCUT2D eigenvalue weighted by molar-refractivity contribution is 5.39. The van der Waals surface area contributed by atoms with Crippen LogP contribution >= 0.6 is 0 Å². The average Bonchev–Trinajstić information content (AvgIpc) is 2.18. The summed E-state index contributed by atoms with van der Waals surface area (Å²) in [6.45, 7) is 2.07. The van der Waals surface area contributed by atoms with Crippen LogP contribution in [0.25, 0.3) is 0 Å². The second-order valence-corrected chi connectivity index (χ2v) is 4.17. The van der Waals surface area contributed by atoms with Crippen molar-refractivity contribution in [3.63, 3.8) is 0 Å². The molecule has 0 saturated heterocycles. The second kappa shape index (κ2) is 5.91. The third-order valence-electron chi connectivity index (χ3n) is 2.42. The topological polar surface area (TPSA) is 38.0 Å². The predicted molar refractivity (Wildman–Crippen MR) is 62.7 cm³/mol. The quantitative estimate of drug-likeness (QED) is 0.784. The standard InChI is InChI=1S/C12H17F3N2/c1-9(8-12(13,14)15)17-7-6-10-2-4-11(16)5-3-10/h2-5,9,17H,6-8,16H2,1H3. The number of benzene rings is 1. The monoisotopic (exact) mass is 246 g/mol. The van der Waals surface area contributed by atoms with Gasteiger partial charge in [0.25, 0.3) is 0 Å². The Morgan fingerprint density at radius 3 is 2.35 bits per heavy atom. The zero-order valence-electron chi connectivity index (χ0n) is 9.72. The maximum absolute atomic E-state index is 12.0. The summed E-state index contributed by atoms with van der Waals surface area (Å²) in [5.74, 6) is 0. The van der Waals surface area contributed by atoms with E-state index in [0.717, 1.165) is 5.56 Å². The smallest absolute Gasteiger partial charge is 0.390 e. The maximum atomic E-state index is 12.0. The fourth-order valence-electron chi connectivity index (χ4n) is 1.57. The largest absolute Gasteiger partial charge is 0.399 e. The fraction of sp³-hybridized carbons (Fsp3) is 0.500. The molecule has 0 aliphatic rings. The molecule has 96 valence electrons. The molecule has 0 aliphatic heterocycles. The van der Waals surface area contributed by atoms with Gasteiger partial charge < -0.3 is 11.1 Å². The number of rotatable bonds is 5. The fourth-order valence-corrected chi connectivity index (χ4v) is 1.57. The van der Waals surface area contributed by atoms with Gasteiger partial charge in [0.2, 0.25) is 0 Å². The van der Waals surface area contributed by atoms with Crippen molar-refractivity contribution in [2.45, 2.75) is 32.0 Å². The number of nitrogen functional groups attached to an aromatic ring is 1. The average molecular weight is 246 g/mol. The van der Waals surface area contributed by atoms with E-state index in [9.17, 15) is 13.2 Å². The number of hydrogen-bond donors (Lipinski definition) is 2. The Labute approximate surface area is 99.0 Å². The van der Waals surface area contributed by atoms with Crippen molar-refractivity contribution in [1.29, 1.82) is 0 Å². The van der Waals surface area contributed by atoms with Gasteiger partial charge in [-0.05, 0) is 37.6 Å². The number of nitrogens with one attached hydrogen (secondary N) is 1. The lowest BCUT2D eigenvalue weighted by molar-refractivity contribution is -0.138. The van der Waals surface area contributed by atoms with E-state index >= 15 is 0 Å². The van der Waals surface area contributed by atoms with Crippen molar-refractivity contribution in [2.75, 3.05) is 12.3 Å². The van der Waals surface area contributed by atoms with Crippen LogP contribution in [0.2, 0.25) is 0 Å². The van der Waals surface area contributed by atoms with Crippen molar-refractivity contribution < 1.29 is 13.2 Å². The zero-order chi connectivity index (χ0) is 12.9. The van der Waals surface area contributed by atoms with E-state index in [1.54, 1.807) is 12.1 Å². The second-order valence-electron chi connectivity index (χ2n) is 4.17. The summed E-state index contributed by atoms with van der Waals surface area (Å²) in [6.07, 6.45) is -4.20. The van der Waals surface area contributed by atoms with E-state index in [-0.39, 0.29) is 0 Å².